The lowest BCUT2D eigenvalue weighted by atomic mass is 10.4. The lowest BCUT2D eigenvalue weighted by Crippen LogP contribution is -2.41. The van der Waals surface area contributed by atoms with Crippen LogP contribution in [0.5, 0.6) is 0 Å². The van der Waals surface area contributed by atoms with Crippen LogP contribution in [0.2, 0.25) is 0 Å². The third-order valence-electron chi connectivity index (χ3n) is 1.97. The normalized spacial score (nSPS) is 9.71. The Morgan fingerprint density at radius 3 is 1.43 bits per heavy atom. The number of amides is 2. The number of hydrogen-bond acceptors (Lipinski definition) is 4. The molecule has 0 aliphatic rings. The first-order chi connectivity index (χ1) is 6.52. The third-order valence-corrected chi connectivity index (χ3v) is 1.97. The number of nitrogens with zero attached hydrogens (tertiary/aromatic N) is 2. The van der Waals surface area contributed by atoms with Crippen molar-refractivity contribution in [3.8, 4) is 0 Å². The van der Waals surface area contributed by atoms with Crippen molar-refractivity contribution in [1.29, 1.82) is 0 Å². The Hall–Kier alpha value is -1.14. The van der Waals surface area contributed by atoms with Crippen LogP contribution in [0, 0.1) is 0 Å². The van der Waals surface area contributed by atoms with E-state index < -0.39 is 0 Å². The molecule has 0 aromatic rings. The van der Waals surface area contributed by atoms with Crippen LogP contribution in [0.25, 0.3) is 0 Å². The molecule has 0 radical (unpaired) electrons. The van der Waals surface area contributed by atoms with Crippen LogP contribution < -0.4 is 11.5 Å². The van der Waals surface area contributed by atoms with Gasteiger partial charge in [-0.2, -0.15) is 0 Å². The van der Waals surface area contributed by atoms with Gasteiger partial charge in [-0.05, 0) is 0 Å². The average Bonchev–Trinajstić information content (AvgIpc) is 2.22. The Balaban J connectivity index is 3.82. The molecule has 14 heavy (non-hydrogen) atoms. The molecule has 0 saturated carbocycles. The van der Waals surface area contributed by atoms with Crippen LogP contribution in [0.1, 0.15) is 0 Å². The number of hydrogen-bond donors (Lipinski definition) is 2. The summed E-state index contributed by atoms with van der Waals surface area (Å²) in [5.74, 6) is -0.280. The maximum Gasteiger partial charge on any atom is 0.236 e. The van der Waals surface area contributed by atoms with E-state index in [1.807, 2.05) is 0 Å². The summed E-state index contributed by atoms with van der Waals surface area (Å²) < 4.78 is 0. The van der Waals surface area contributed by atoms with Gasteiger partial charge in [-0.25, -0.2) is 0 Å². The zero-order valence-electron chi connectivity index (χ0n) is 8.69. The number of carbonyl (C=O) groups is 2. The Bertz CT molecular complexity index is 186. The highest BCUT2D eigenvalue weighted by Gasteiger charge is 2.09. The highest BCUT2D eigenvalue weighted by Crippen LogP contribution is 1.87. The number of likely N-dealkylation sites (N-methyl/N-ethyl adjacent to an activating group) is 2. The standard InChI is InChI=1S/C8H18N4O2/c1-11(7(13)5-9)3-4-12(2)8(14)6-10/h3-6,9-10H2,1-2H3. The van der Waals surface area contributed by atoms with Crippen LogP contribution in [0.4, 0.5) is 0 Å². The van der Waals surface area contributed by atoms with Crippen LogP contribution in [-0.4, -0.2) is 61.9 Å². The van der Waals surface area contributed by atoms with Crippen molar-refractivity contribution in [1.82, 2.24) is 9.80 Å². The summed E-state index contributed by atoms with van der Waals surface area (Å²) in [5.41, 5.74) is 10.3. The molecule has 0 bridgehead atoms. The molecule has 0 heterocycles. The van der Waals surface area contributed by atoms with E-state index >= 15 is 0 Å². The van der Waals surface area contributed by atoms with E-state index in [2.05, 4.69) is 0 Å². The molecule has 2 amide bonds. The summed E-state index contributed by atoms with van der Waals surface area (Å²) in [7, 11) is 3.30. The second-order valence-electron chi connectivity index (χ2n) is 3.04. The fourth-order valence-electron chi connectivity index (χ4n) is 0.861. The predicted molar refractivity (Wildman–Crippen MR) is 53.4 cm³/mol. The second kappa shape index (κ2) is 6.33. The van der Waals surface area contributed by atoms with Crippen molar-refractivity contribution >= 4 is 11.8 Å². The van der Waals surface area contributed by atoms with Gasteiger partial charge in [0.2, 0.25) is 11.8 Å². The molecule has 0 unspecified atom stereocenters. The lowest BCUT2D eigenvalue weighted by Gasteiger charge is -2.21. The Morgan fingerprint density at radius 1 is 0.929 bits per heavy atom. The Kier molecular flexibility index (Phi) is 5.82. The van der Waals surface area contributed by atoms with E-state index in [1.165, 1.54) is 9.80 Å². The van der Waals surface area contributed by atoms with Crippen molar-refractivity contribution in [3.05, 3.63) is 0 Å². The largest absolute Gasteiger partial charge is 0.343 e. The zero-order valence-corrected chi connectivity index (χ0v) is 8.69. The molecular weight excluding hydrogens is 184 g/mol. The van der Waals surface area contributed by atoms with Crippen LogP contribution in [0.15, 0.2) is 0 Å². The van der Waals surface area contributed by atoms with E-state index in [-0.39, 0.29) is 24.9 Å². The molecule has 6 heteroatoms. The van der Waals surface area contributed by atoms with Gasteiger partial charge in [0.15, 0.2) is 0 Å². The van der Waals surface area contributed by atoms with E-state index in [0.717, 1.165) is 0 Å². The summed E-state index contributed by atoms with van der Waals surface area (Å²) in [6.45, 7) is 0.923. The summed E-state index contributed by atoms with van der Waals surface area (Å²) in [5, 5.41) is 0. The zero-order chi connectivity index (χ0) is 11.1. The highest BCUT2D eigenvalue weighted by molar-refractivity contribution is 5.78. The van der Waals surface area contributed by atoms with Gasteiger partial charge in [-0.1, -0.05) is 0 Å². The van der Waals surface area contributed by atoms with Gasteiger partial charge < -0.3 is 21.3 Å². The summed E-state index contributed by atoms with van der Waals surface area (Å²) in [4.78, 5) is 25.0. The fourth-order valence-corrected chi connectivity index (χ4v) is 0.861. The van der Waals surface area contributed by atoms with Crippen molar-refractivity contribution in [3.63, 3.8) is 0 Å². The van der Waals surface area contributed by atoms with Gasteiger partial charge in [0.1, 0.15) is 0 Å². The lowest BCUT2D eigenvalue weighted by molar-refractivity contribution is -0.132. The average molecular weight is 202 g/mol. The minimum atomic E-state index is -0.140. The van der Waals surface area contributed by atoms with Gasteiger partial charge in [0.25, 0.3) is 0 Å². The first-order valence-electron chi connectivity index (χ1n) is 4.41. The van der Waals surface area contributed by atoms with Crippen molar-refractivity contribution in [2.24, 2.45) is 11.5 Å². The first kappa shape index (κ1) is 12.9. The van der Waals surface area contributed by atoms with E-state index in [9.17, 15) is 9.59 Å². The first-order valence-corrected chi connectivity index (χ1v) is 4.41. The molecular formula is C8H18N4O2. The number of rotatable bonds is 5. The van der Waals surface area contributed by atoms with E-state index in [0.29, 0.717) is 13.1 Å². The van der Waals surface area contributed by atoms with Crippen LogP contribution >= 0.6 is 0 Å². The smallest absolute Gasteiger partial charge is 0.236 e. The summed E-state index contributed by atoms with van der Waals surface area (Å²) >= 11 is 0. The molecule has 0 atom stereocenters. The number of carbonyl (C=O) groups excluding carboxylic acids is 2. The SMILES string of the molecule is CN(CCN(C)C(=O)CN)C(=O)CN. The molecule has 0 saturated heterocycles. The minimum absolute atomic E-state index is 0.00888. The molecule has 0 fully saturated rings. The van der Waals surface area contributed by atoms with Gasteiger partial charge >= 0.3 is 0 Å². The molecule has 0 aromatic carbocycles. The van der Waals surface area contributed by atoms with Crippen molar-refractivity contribution < 1.29 is 9.59 Å². The minimum Gasteiger partial charge on any atom is -0.343 e. The number of nitrogens with two attached hydrogens (primary N) is 2. The molecule has 82 valence electrons. The van der Waals surface area contributed by atoms with Crippen molar-refractivity contribution in [2.45, 2.75) is 0 Å². The topological polar surface area (TPSA) is 92.7 Å². The Labute approximate surface area is 83.8 Å². The summed E-state index contributed by atoms with van der Waals surface area (Å²) in [6.07, 6.45) is 0. The third kappa shape index (κ3) is 4.20. The van der Waals surface area contributed by atoms with Crippen LogP contribution in [-0.2, 0) is 9.59 Å². The predicted octanol–water partition coefficient (Wildman–Crippen LogP) is -2.18. The van der Waals surface area contributed by atoms with Gasteiger partial charge in [0.05, 0.1) is 13.1 Å². The molecule has 0 rings (SSSR count). The summed E-state index contributed by atoms with van der Waals surface area (Å²) in [6, 6.07) is 0. The molecule has 4 N–H and O–H groups in total. The van der Waals surface area contributed by atoms with E-state index in [4.69, 9.17) is 11.5 Å². The highest BCUT2D eigenvalue weighted by atomic mass is 16.2. The van der Waals surface area contributed by atoms with E-state index in [1.54, 1.807) is 14.1 Å². The molecule has 0 spiro atoms. The Morgan fingerprint density at radius 2 is 1.21 bits per heavy atom. The molecule has 0 aromatic heterocycles. The van der Waals surface area contributed by atoms with Gasteiger partial charge in [-0.3, -0.25) is 9.59 Å². The maximum absolute atomic E-state index is 11.0. The monoisotopic (exact) mass is 202 g/mol. The second-order valence-corrected chi connectivity index (χ2v) is 3.04. The molecule has 0 aliphatic carbocycles. The molecule has 6 nitrogen and oxygen atoms in total. The van der Waals surface area contributed by atoms with Gasteiger partial charge in [-0.15, -0.1) is 0 Å². The quantitative estimate of drug-likeness (QED) is 0.530. The van der Waals surface area contributed by atoms with Crippen LogP contribution in [0.3, 0.4) is 0 Å². The fraction of sp³-hybridized carbons (Fsp3) is 0.750. The van der Waals surface area contributed by atoms with Gasteiger partial charge in [0, 0.05) is 27.2 Å². The van der Waals surface area contributed by atoms with Crippen molar-refractivity contribution in [2.75, 3.05) is 40.3 Å². The molecule has 0 aliphatic heterocycles. The maximum atomic E-state index is 11.0.